The molecule has 130 valence electrons. The van der Waals surface area contributed by atoms with Crippen LogP contribution >= 0.6 is 11.6 Å². The number of carbonyl (C=O) groups is 1. The Morgan fingerprint density at radius 3 is 2.54 bits per heavy atom. The van der Waals surface area contributed by atoms with Gasteiger partial charge < -0.3 is 10.2 Å². The third-order valence-electron chi connectivity index (χ3n) is 4.45. The molecule has 0 radical (unpaired) electrons. The Morgan fingerprint density at radius 1 is 1.33 bits per heavy atom. The van der Waals surface area contributed by atoms with Crippen molar-refractivity contribution < 1.29 is 9.72 Å². The van der Waals surface area contributed by atoms with Crippen molar-refractivity contribution in [3.05, 3.63) is 32.8 Å². The Morgan fingerprint density at radius 2 is 2.00 bits per heavy atom. The molecule has 0 atom stereocenters. The van der Waals surface area contributed by atoms with Crippen molar-refractivity contribution in [3.8, 4) is 0 Å². The molecule has 0 bridgehead atoms. The highest BCUT2D eigenvalue weighted by Crippen LogP contribution is 2.34. The molecule has 8 heteroatoms. The molecule has 3 rings (SSSR count). The lowest BCUT2D eigenvalue weighted by Gasteiger charge is -2.36. The summed E-state index contributed by atoms with van der Waals surface area (Å²) in [6.45, 7) is 5.29. The Labute approximate surface area is 145 Å². The summed E-state index contributed by atoms with van der Waals surface area (Å²) in [5.41, 5.74) is 1.66. The van der Waals surface area contributed by atoms with Crippen LogP contribution < -0.4 is 10.2 Å². The van der Waals surface area contributed by atoms with Gasteiger partial charge in [0, 0.05) is 44.4 Å². The summed E-state index contributed by atoms with van der Waals surface area (Å²) in [4.78, 5) is 26.6. The smallest absolute Gasteiger partial charge is 0.271 e. The van der Waals surface area contributed by atoms with E-state index < -0.39 is 4.92 Å². The topological polar surface area (TPSA) is 78.7 Å². The van der Waals surface area contributed by atoms with E-state index in [2.05, 4.69) is 15.1 Å². The number of nitro benzene ring substituents is 1. The fourth-order valence-corrected chi connectivity index (χ4v) is 3.44. The van der Waals surface area contributed by atoms with Crippen LogP contribution in [-0.2, 0) is 4.79 Å². The van der Waals surface area contributed by atoms with E-state index in [4.69, 9.17) is 11.6 Å². The summed E-state index contributed by atoms with van der Waals surface area (Å²) in [5.74, 6) is 0.0931. The van der Waals surface area contributed by atoms with E-state index in [-0.39, 0.29) is 11.6 Å². The Kier molecular flexibility index (Phi) is 4.91. The largest absolute Gasteiger partial charge is 0.368 e. The predicted molar refractivity (Wildman–Crippen MR) is 92.7 cm³/mol. The van der Waals surface area contributed by atoms with E-state index in [0.29, 0.717) is 17.6 Å². The first-order chi connectivity index (χ1) is 11.4. The number of aryl methyl sites for hydroxylation is 1. The van der Waals surface area contributed by atoms with Crippen LogP contribution in [0, 0.1) is 17.0 Å². The number of hydrogen-bond donors (Lipinski definition) is 1. The molecule has 1 aliphatic heterocycles. The molecule has 1 aromatic rings. The van der Waals surface area contributed by atoms with Crippen molar-refractivity contribution in [2.45, 2.75) is 25.8 Å². The van der Waals surface area contributed by atoms with Gasteiger partial charge in [-0.2, -0.15) is 0 Å². The van der Waals surface area contributed by atoms with E-state index in [0.717, 1.165) is 50.3 Å². The zero-order valence-electron chi connectivity index (χ0n) is 13.6. The van der Waals surface area contributed by atoms with Gasteiger partial charge in [0.1, 0.15) is 0 Å². The molecule has 1 heterocycles. The number of piperazine rings is 1. The second-order valence-electron chi connectivity index (χ2n) is 6.46. The second-order valence-corrected chi connectivity index (χ2v) is 6.86. The van der Waals surface area contributed by atoms with Crippen LogP contribution in [-0.4, -0.2) is 54.5 Å². The minimum Gasteiger partial charge on any atom is -0.368 e. The molecule has 1 aliphatic carbocycles. The number of nitro groups is 1. The number of non-ortho nitro benzene ring substituents is 1. The lowest BCUT2D eigenvalue weighted by molar-refractivity contribution is -0.384. The number of nitrogens with one attached hydrogen (secondary N) is 1. The summed E-state index contributed by atoms with van der Waals surface area (Å²) in [7, 11) is 0. The SMILES string of the molecule is Cc1cc([N+](=O)[O-])cc(Cl)c1N1CCN(CC(=O)NC2CC2)CC1. The quantitative estimate of drug-likeness (QED) is 0.647. The van der Waals surface area contributed by atoms with Crippen molar-refractivity contribution >= 4 is 28.9 Å². The molecular formula is C16H21ClN4O3. The summed E-state index contributed by atoms with van der Waals surface area (Å²) in [5, 5.41) is 14.3. The molecule has 1 saturated carbocycles. The number of halogens is 1. The predicted octanol–water partition coefficient (Wildman–Crippen LogP) is 1.96. The van der Waals surface area contributed by atoms with Crippen LogP contribution in [0.15, 0.2) is 12.1 Å². The average Bonchev–Trinajstić information content (AvgIpc) is 3.32. The van der Waals surface area contributed by atoms with Gasteiger partial charge in [-0.05, 0) is 25.3 Å². The molecule has 2 fully saturated rings. The maximum Gasteiger partial charge on any atom is 0.271 e. The average molecular weight is 353 g/mol. The molecule has 7 nitrogen and oxygen atoms in total. The first-order valence-electron chi connectivity index (χ1n) is 8.15. The van der Waals surface area contributed by atoms with E-state index >= 15 is 0 Å². The van der Waals surface area contributed by atoms with Crippen LogP contribution in [0.5, 0.6) is 0 Å². The number of carbonyl (C=O) groups excluding carboxylic acids is 1. The van der Waals surface area contributed by atoms with Gasteiger partial charge in [-0.1, -0.05) is 11.6 Å². The molecule has 1 aromatic carbocycles. The van der Waals surface area contributed by atoms with Crippen molar-refractivity contribution in [2.75, 3.05) is 37.6 Å². The monoisotopic (exact) mass is 352 g/mol. The summed E-state index contributed by atoms with van der Waals surface area (Å²) in [6.07, 6.45) is 2.19. The number of anilines is 1. The standard InChI is InChI=1S/C16H21ClN4O3/c1-11-8-13(21(23)24)9-14(17)16(11)20-6-4-19(5-7-20)10-15(22)18-12-2-3-12/h8-9,12H,2-7,10H2,1H3,(H,18,22). The van der Waals surface area contributed by atoms with Gasteiger partial charge in [0.15, 0.2) is 0 Å². The highest BCUT2D eigenvalue weighted by molar-refractivity contribution is 6.33. The first-order valence-corrected chi connectivity index (χ1v) is 8.53. The van der Waals surface area contributed by atoms with Crippen LogP contribution in [0.4, 0.5) is 11.4 Å². The van der Waals surface area contributed by atoms with Crippen molar-refractivity contribution in [3.63, 3.8) is 0 Å². The van der Waals surface area contributed by atoms with Crippen LogP contribution in [0.25, 0.3) is 0 Å². The second kappa shape index (κ2) is 6.94. The van der Waals surface area contributed by atoms with Gasteiger partial charge in [0.05, 0.1) is 22.2 Å². The van der Waals surface area contributed by atoms with Crippen molar-refractivity contribution in [1.29, 1.82) is 0 Å². The molecule has 0 aromatic heterocycles. The summed E-state index contributed by atoms with van der Waals surface area (Å²) < 4.78 is 0. The van der Waals surface area contributed by atoms with Gasteiger partial charge in [-0.15, -0.1) is 0 Å². The molecule has 1 saturated heterocycles. The zero-order valence-corrected chi connectivity index (χ0v) is 14.4. The number of nitrogens with zero attached hydrogens (tertiary/aromatic N) is 3. The maximum absolute atomic E-state index is 11.9. The maximum atomic E-state index is 11.9. The molecule has 0 unspecified atom stereocenters. The molecule has 1 amide bonds. The Hall–Kier alpha value is -1.86. The Bertz CT molecular complexity index is 632. The van der Waals surface area contributed by atoms with Gasteiger partial charge in [-0.25, -0.2) is 0 Å². The molecule has 1 N–H and O–H groups in total. The van der Waals surface area contributed by atoms with E-state index in [9.17, 15) is 14.9 Å². The number of hydrogen-bond acceptors (Lipinski definition) is 5. The molecule has 0 spiro atoms. The van der Waals surface area contributed by atoms with Crippen LogP contribution in [0.1, 0.15) is 18.4 Å². The summed E-state index contributed by atoms with van der Waals surface area (Å²) >= 11 is 6.27. The van der Waals surface area contributed by atoms with Gasteiger partial charge in [0.2, 0.25) is 5.91 Å². The van der Waals surface area contributed by atoms with Crippen LogP contribution in [0.3, 0.4) is 0 Å². The first kappa shape index (κ1) is 17.0. The normalized spacial score (nSPS) is 18.5. The van der Waals surface area contributed by atoms with Crippen molar-refractivity contribution in [1.82, 2.24) is 10.2 Å². The molecular weight excluding hydrogens is 332 g/mol. The highest BCUT2D eigenvalue weighted by Gasteiger charge is 2.26. The van der Waals surface area contributed by atoms with E-state index in [1.807, 2.05) is 6.92 Å². The fourth-order valence-electron chi connectivity index (χ4n) is 3.06. The zero-order chi connectivity index (χ0) is 17.3. The van der Waals surface area contributed by atoms with Crippen LogP contribution in [0.2, 0.25) is 5.02 Å². The van der Waals surface area contributed by atoms with Gasteiger partial charge >= 0.3 is 0 Å². The van der Waals surface area contributed by atoms with Gasteiger partial charge in [-0.3, -0.25) is 19.8 Å². The summed E-state index contributed by atoms with van der Waals surface area (Å²) in [6, 6.07) is 3.34. The minimum atomic E-state index is -0.431. The number of benzene rings is 1. The third kappa shape index (κ3) is 3.96. The van der Waals surface area contributed by atoms with E-state index in [1.54, 1.807) is 6.07 Å². The minimum absolute atomic E-state index is 0.0108. The molecule has 2 aliphatic rings. The number of amides is 1. The Balaban J connectivity index is 1.60. The lowest BCUT2D eigenvalue weighted by atomic mass is 10.1. The molecule has 24 heavy (non-hydrogen) atoms. The van der Waals surface area contributed by atoms with Gasteiger partial charge in [0.25, 0.3) is 5.69 Å². The fraction of sp³-hybridized carbons (Fsp3) is 0.562. The van der Waals surface area contributed by atoms with E-state index in [1.165, 1.54) is 6.07 Å². The van der Waals surface area contributed by atoms with Crippen molar-refractivity contribution in [2.24, 2.45) is 0 Å². The lowest BCUT2D eigenvalue weighted by Crippen LogP contribution is -2.50. The highest BCUT2D eigenvalue weighted by atomic mass is 35.5. The number of rotatable bonds is 5. The third-order valence-corrected chi connectivity index (χ3v) is 4.74.